The highest BCUT2D eigenvalue weighted by Crippen LogP contribution is 2.37. The Morgan fingerprint density at radius 1 is 1.04 bits per heavy atom. The Morgan fingerprint density at radius 3 is 2.43 bits per heavy atom. The van der Waals surface area contributed by atoms with Gasteiger partial charge in [0.2, 0.25) is 5.91 Å². The summed E-state index contributed by atoms with van der Waals surface area (Å²) in [6.45, 7) is 0. The van der Waals surface area contributed by atoms with Gasteiger partial charge in [-0.3, -0.25) is 4.79 Å². The van der Waals surface area contributed by atoms with Crippen molar-refractivity contribution in [1.29, 1.82) is 0 Å². The van der Waals surface area contributed by atoms with Gasteiger partial charge in [-0.05, 0) is 30.5 Å². The smallest absolute Gasteiger partial charge is 0.416 e. The van der Waals surface area contributed by atoms with Crippen molar-refractivity contribution in [3.05, 3.63) is 70.8 Å². The van der Waals surface area contributed by atoms with Gasteiger partial charge >= 0.3 is 6.18 Å². The average Bonchev–Trinajstić information content (AvgIpc) is 2.67. The number of carbonyl (C=O) groups is 1. The lowest BCUT2D eigenvalue weighted by Crippen LogP contribution is -2.39. The molecule has 0 heterocycles. The molecule has 3 nitrogen and oxygen atoms in total. The molecule has 0 bridgehead atoms. The number of hydrogen-bond donors (Lipinski definition) is 1. The maximum absolute atomic E-state index is 14.3. The first-order valence-corrected chi connectivity index (χ1v) is 9.27. The quantitative estimate of drug-likeness (QED) is 0.619. The highest BCUT2D eigenvalue weighted by atomic mass is 19.4. The highest BCUT2D eigenvalue weighted by Gasteiger charge is 2.30. The van der Waals surface area contributed by atoms with Gasteiger partial charge in [-0.1, -0.05) is 61.7 Å². The van der Waals surface area contributed by atoms with E-state index in [0.29, 0.717) is 0 Å². The van der Waals surface area contributed by atoms with E-state index < -0.39 is 29.5 Å². The van der Waals surface area contributed by atoms with Crippen LogP contribution in [0, 0.1) is 5.82 Å². The summed E-state index contributed by atoms with van der Waals surface area (Å²) in [6.07, 6.45) is 0.250. The molecule has 3 rings (SSSR count). The Labute approximate surface area is 161 Å². The molecule has 1 fully saturated rings. The molecule has 0 aromatic heterocycles. The van der Waals surface area contributed by atoms with E-state index in [-0.39, 0.29) is 17.3 Å². The van der Waals surface area contributed by atoms with Crippen LogP contribution in [0.1, 0.15) is 49.3 Å². The highest BCUT2D eigenvalue weighted by molar-refractivity contribution is 5.88. The molecule has 0 radical (unpaired) electrons. The average molecular weight is 393 g/mol. The van der Waals surface area contributed by atoms with Gasteiger partial charge in [0.05, 0.1) is 5.56 Å². The normalized spacial score (nSPS) is 16.4. The molecule has 0 saturated heterocycles. The molecule has 0 aliphatic heterocycles. The van der Waals surface area contributed by atoms with Crippen LogP contribution in [0.25, 0.3) is 5.32 Å². The van der Waals surface area contributed by atoms with Gasteiger partial charge in [0.1, 0.15) is 5.82 Å². The Kier molecular flexibility index (Phi) is 6.21. The van der Waals surface area contributed by atoms with Crippen LogP contribution >= 0.6 is 0 Å². The lowest BCUT2D eigenvalue weighted by molar-refractivity contribution is -0.137. The molecule has 28 heavy (non-hydrogen) atoms. The van der Waals surface area contributed by atoms with Gasteiger partial charge in [0.25, 0.3) is 0 Å². The summed E-state index contributed by atoms with van der Waals surface area (Å²) in [5.74, 6) is -1.13. The molecular formula is C21H21F4N2O-. The molecule has 1 aliphatic carbocycles. The van der Waals surface area contributed by atoms with Crippen LogP contribution in [0.5, 0.6) is 0 Å². The van der Waals surface area contributed by atoms with Crippen LogP contribution in [0.15, 0.2) is 48.5 Å². The number of nitrogens with one attached hydrogen (secondary N) is 1. The Bertz CT molecular complexity index is 816. The van der Waals surface area contributed by atoms with Crippen LogP contribution < -0.4 is 5.32 Å². The minimum Gasteiger partial charge on any atom is -0.670 e. The fraction of sp³-hybridized carbons (Fsp3) is 0.381. The summed E-state index contributed by atoms with van der Waals surface area (Å²) < 4.78 is 53.3. The number of alkyl halides is 3. The van der Waals surface area contributed by atoms with E-state index >= 15 is 0 Å². The molecule has 1 N–H and O–H groups in total. The summed E-state index contributed by atoms with van der Waals surface area (Å²) in [7, 11) is 0. The van der Waals surface area contributed by atoms with Gasteiger partial charge in [0.15, 0.2) is 0 Å². The van der Waals surface area contributed by atoms with E-state index in [4.69, 9.17) is 0 Å². The first-order valence-electron chi connectivity index (χ1n) is 9.27. The predicted molar refractivity (Wildman–Crippen MR) is 98.6 cm³/mol. The zero-order valence-corrected chi connectivity index (χ0v) is 15.2. The van der Waals surface area contributed by atoms with Crippen molar-refractivity contribution in [2.45, 2.75) is 50.4 Å². The maximum atomic E-state index is 14.3. The second-order valence-corrected chi connectivity index (χ2v) is 6.94. The number of hydrogen-bond acceptors (Lipinski definition) is 1. The van der Waals surface area contributed by atoms with Crippen molar-refractivity contribution in [2.24, 2.45) is 0 Å². The fourth-order valence-corrected chi connectivity index (χ4v) is 3.40. The van der Waals surface area contributed by atoms with Gasteiger partial charge in [-0.15, -0.1) is 5.69 Å². The van der Waals surface area contributed by atoms with Crippen molar-refractivity contribution >= 4 is 11.6 Å². The van der Waals surface area contributed by atoms with E-state index in [1.165, 1.54) is 30.3 Å². The van der Waals surface area contributed by atoms with E-state index in [9.17, 15) is 22.4 Å². The number of benzene rings is 2. The molecule has 1 saturated carbocycles. The third-order valence-electron chi connectivity index (χ3n) is 4.85. The Hall–Kier alpha value is -2.57. The molecule has 2 aromatic carbocycles. The fourth-order valence-electron chi connectivity index (χ4n) is 3.40. The van der Waals surface area contributed by atoms with E-state index in [1.54, 1.807) is 6.07 Å². The molecule has 150 valence electrons. The van der Waals surface area contributed by atoms with E-state index in [0.717, 1.165) is 44.2 Å². The van der Waals surface area contributed by atoms with Crippen LogP contribution in [0.3, 0.4) is 0 Å². The van der Waals surface area contributed by atoms with Crippen LogP contribution in [-0.4, -0.2) is 11.9 Å². The molecule has 1 atom stereocenters. The van der Waals surface area contributed by atoms with Crippen molar-refractivity contribution in [1.82, 2.24) is 5.32 Å². The number of rotatable bonds is 5. The molecule has 1 aliphatic rings. The van der Waals surface area contributed by atoms with Crippen LogP contribution in [-0.2, 0) is 11.0 Å². The third kappa shape index (κ3) is 5.03. The van der Waals surface area contributed by atoms with Gasteiger partial charge < -0.3 is 10.6 Å². The topological polar surface area (TPSA) is 43.2 Å². The number of carbonyl (C=O) groups excluding carboxylic acids is 1. The Balaban J connectivity index is 1.86. The van der Waals surface area contributed by atoms with Crippen molar-refractivity contribution in [3.8, 4) is 0 Å². The number of halogens is 4. The van der Waals surface area contributed by atoms with E-state index in [2.05, 4.69) is 10.6 Å². The van der Waals surface area contributed by atoms with Gasteiger partial charge in [0, 0.05) is 6.04 Å². The summed E-state index contributed by atoms with van der Waals surface area (Å²) in [5, 5.41) is 7.07. The van der Waals surface area contributed by atoms with Crippen LogP contribution in [0.2, 0.25) is 0 Å². The first-order chi connectivity index (χ1) is 13.3. The molecule has 0 spiro atoms. The number of amides is 1. The summed E-state index contributed by atoms with van der Waals surface area (Å²) in [4.78, 5) is 12.9. The number of nitrogens with zero attached hydrogens (tertiary/aromatic N) is 1. The second kappa shape index (κ2) is 8.63. The summed E-state index contributed by atoms with van der Waals surface area (Å²) in [6, 6.07) is 8.80. The maximum Gasteiger partial charge on any atom is 0.416 e. The van der Waals surface area contributed by atoms with E-state index in [1.807, 2.05) is 0 Å². The zero-order valence-electron chi connectivity index (χ0n) is 15.2. The second-order valence-electron chi connectivity index (χ2n) is 6.94. The summed E-state index contributed by atoms with van der Waals surface area (Å²) >= 11 is 0. The molecule has 7 heteroatoms. The lowest BCUT2D eigenvalue weighted by atomic mass is 9.95. The molecule has 2 aromatic rings. The SMILES string of the molecule is O=C(NC1CCCCC1)C([N-]c1cccc(C(F)(F)F)c1)c1ccccc1F. The predicted octanol–water partition coefficient (Wildman–Crippen LogP) is 6.04. The summed E-state index contributed by atoms with van der Waals surface area (Å²) in [5.41, 5.74) is -0.858. The zero-order chi connectivity index (χ0) is 20.1. The van der Waals surface area contributed by atoms with Crippen LogP contribution in [0.4, 0.5) is 23.2 Å². The molecule has 1 amide bonds. The minimum atomic E-state index is -4.52. The van der Waals surface area contributed by atoms with Crippen molar-refractivity contribution in [2.75, 3.05) is 0 Å². The van der Waals surface area contributed by atoms with Crippen molar-refractivity contribution < 1.29 is 22.4 Å². The monoisotopic (exact) mass is 393 g/mol. The van der Waals surface area contributed by atoms with Gasteiger partial charge in [-0.25, -0.2) is 4.39 Å². The van der Waals surface area contributed by atoms with Crippen molar-refractivity contribution in [3.63, 3.8) is 0 Å². The van der Waals surface area contributed by atoms with Gasteiger partial charge in [-0.2, -0.15) is 13.2 Å². The molecule has 1 unspecified atom stereocenters. The Morgan fingerprint density at radius 2 is 1.75 bits per heavy atom. The first kappa shape index (κ1) is 20.2. The third-order valence-corrected chi connectivity index (χ3v) is 4.85. The largest absolute Gasteiger partial charge is 0.670 e. The lowest BCUT2D eigenvalue weighted by Gasteiger charge is -2.35. The standard InChI is InChI=1S/C21H21F4N2O/c22-18-12-5-4-11-17(18)19(20(28)27-15-8-2-1-3-9-15)26-16-10-6-7-14(13-16)21(23,24)25/h4-7,10-13,15,19H,1-3,8-9H2,(H,27,28)/q-1. The molecular weight excluding hydrogens is 372 g/mol. The minimum absolute atomic E-state index is 0.0211.